The second-order valence-corrected chi connectivity index (χ2v) is 11.6. The summed E-state index contributed by atoms with van der Waals surface area (Å²) in [6.07, 6.45) is 0.633. The van der Waals surface area contributed by atoms with Crippen molar-refractivity contribution in [3.05, 3.63) is 29.3 Å². The van der Waals surface area contributed by atoms with Crippen LogP contribution in [-0.2, 0) is 24.7 Å². The maximum atomic E-state index is 12.7. The van der Waals surface area contributed by atoms with E-state index in [1.165, 1.54) is 31.2 Å². The molecule has 2 fully saturated rings. The van der Waals surface area contributed by atoms with Gasteiger partial charge in [0.1, 0.15) is 0 Å². The van der Waals surface area contributed by atoms with Crippen molar-refractivity contribution in [1.82, 2.24) is 14.5 Å². The fourth-order valence-corrected chi connectivity index (χ4v) is 6.69. The summed E-state index contributed by atoms with van der Waals surface area (Å²) < 4.78 is 50.6. The lowest BCUT2D eigenvalue weighted by Gasteiger charge is -2.38. The van der Waals surface area contributed by atoms with Crippen LogP contribution in [0, 0.1) is 0 Å². The number of nitrogens with zero attached hydrogens (tertiary/aromatic N) is 2. The molecule has 3 rings (SSSR count). The van der Waals surface area contributed by atoms with Gasteiger partial charge in [0.25, 0.3) is 0 Å². The first-order valence-electron chi connectivity index (χ1n) is 9.08. The highest BCUT2D eigenvalue weighted by Gasteiger charge is 2.35. The van der Waals surface area contributed by atoms with Crippen LogP contribution in [0.2, 0.25) is 5.02 Å². The summed E-state index contributed by atoms with van der Waals surface area (Å²) in [6, 6.07) is 4.84. The molecule has 0 aromatic heterocycles. The summed E-state index contributed by atoms with van der Waals surface area (Å²) in [7, 11) is -6.77. The van der Waals surface area contributed by atoms with Gasteiger partial charge < -0.3 is 4.90 Å². The van der Waals surface area contributed by atoms with Gasteiger partial charge in [-0.05, 0) is 37.6 Å². The Morgan fingerprint density at radius 3 is 2.32 bits per heavy atom. The quantitative estimate of drug-likeness (QED) is 0.695. The molecule has 28 heavy (non-hydrogen) atoms. The molecule has 11 heteroatoms. The van der Waals surface area contributed by atoms with Crippen LogP contribution in [0.4, 0.5) is 0 Å². The second kappa shape index (κ2) is 8.27. The first-order chi connectivity index (χ1) is 13.1. The molecule has 0 aliphatic carbocycles. The van der Waals surface area contributed by atoms with Gasteiger partial charge in [-0.15, -0.1) is 0 Å². The van der Waals surface area contributed by atoms with Crippen molar-refractivity contribution in [2.75, 3.05) is 37.7 Å². The van der Waals surface area contributed by atoms with Crippen molar-refractivity contribution in [1.29, 1.82) is 0 Å². The van der Waals surface area contributed by atoms with Crippen LogP contribution in [0.1, 0.15) is 13.3 Å². The van der Waals surface area contributed by atoms with E-state index < -0.39 is 25.9 Å². The van der Waals surface area contributed by atoms with Crippen LogP contribution in [0.15, 0.2) is 29.2 Å². The van der Waals surface area contributed by atoms with Crippen molar-refractivity contribution in [2.24, 2.45) is 0 Å². The fraction of sp³-hybridized carbons (Fsp3) is 0.588. The third-order valence-corrected chi connectivity index (χ3v) is 8.74. The van der Waals surface area contributed by atoms with E-state index in [1.54, 1.807) is 4.90 Å². The standard InChI is InChI=1S/C17H24ClN3O5S2/c1-13(19-28(25,26)16-4-2-14(18)3-5-16)17(22)21-9-7-20(8-10-21)15-6-11-27(23,24)12-15/h2-5,13,15,19H,6-12H2,1H3/t13-,15?/m0/s1. The van der Waals surface area contributed by atoms with Crippen LogP contribution in [0.25, 0.3) is 0 Å². The van der Waals surface area contributed by atoms with E-state index >= 15 is 0 Å². The van der Waals surface area contributed by atoms with Crippen LogP contribution in [-0.4, -0.2) is 82.3 Å². The average molecular weight is 450 g/mol. The molecule has 0 bridgehead atoms. The third-order valence-electron chi connectivity index (χ3n) is 5.18. The highest BCUT2D eigenvalue weighted by atomic mass is 35.5. The van der Waals surface area contributed by atoms with Gasteiger partial charge in [-0.25, -0.2) is 16.8 Å². The molecule has 1 aromatic rings. The molecule has 0 radical (unpaired) electrons. The maximum Gasteiger partial charge on any atom is 0.241 e. The lowest BCUT2D eigenvalue weighted by atomic mass is 10.2. The Balaban J connectivity index is 1.55. The van der Waals surface area contributed by atoms with Gasteiger partial charge in [0.05, 0.1) is 22.4 Å². The summed E-state index contributed by atoms with van der Waals surface area (Å²) in [4.78, 5) is 16.4. The molecular weight excluding hydrogens is 426 g/mol. The minimum absolute atomic E-state index is 0.0167. The number of hydrogen-bond donors (Lipinski definition) is 1. The zero-order chi connectivity index (χ0) is 20.5. The molecule has 1 aromatic carbocycles. The van der Waals surface area contributed by atoms with Crippen molar-refractivity contribution < 1.29 is 21.6 Å². The molecule has 0 spiro atoms. The largest absolute Gasteiger partial charge is 0.339 e. The third kappa shape index (κ3) is 5.04. The fourth-order valence-electron chi connectivity index (χ4n) is 3.61. The van der Waals surface area contributed by atoms with Gasteiger partial charge in [0.2, 0.25) is 15.9 Å². The molecule has 2 saturated heterocycles. The van der Waals surface area contributed by atoms with Gasteiger partial charge in [-0.1, -0.05) is 11.6 Å². The lowest BCUT2D eigenvalue weighted by Crippen LogP contribution is -2.56. The Kier molecular flexibility index (Phi) is 6.35. The van der Waals surface area contributed by atoms with E-state index in [0.717, 1.165) is 0 Å². The van der Waals surface area contributed by atoms with E-state index in [1.807, 2.05) is 0 Å². The number of sulfone groups is 1. The molecule has 1 N–H and O–H groups in total. The lowest BCUT2D eigenvalue weighted by molar-refractivity contribution is -0.134. The predicted molar refractivity (Wildman–Crippen MR) is 106 cm³/mol. The first kappa shape index (κ1) is 21.5. The molecule has 8 nitrogen and oxygen atoms in total. The molecule has 1 amide bonds. The molecule has 2 atom stereocenters. The number of piperazine rings is 1. The Labute approximate surface area is 170 Å². The van der Waals surface area contributed by atoms with Crippen LogP contribution in [0.3, 0.4) is 0 Å². The summed E-state index contributed by atoms with van der Waals surface area (Å²) >= 11 is 5.78. The Morgan fingerprint density at radius 2 is 1.79 bits per heavy atom. The highest BCUT2D eigenvalue weighted by Crippen LogP contribution is 2.20. The van der Waals surface area contributed by atoms with Crippen molar-refractivity contribution >= 4 is 37.4 Å². The van der Waals surface area contributed by atoms with E-state index in [-0.39, 0.29) is 28.4 Å². The number of nitrogens with one attached hydrogen (secondary N) is 1. The molecule has 156 valence electrons. The number of rotatable bonds is 5. The molecule has 2 aliphatic rings. The van der Waals surface area contributed by atoms with Gasteiger partial charge in [-0.2, -0.15) is 4.72 Å². The van der Waals surface area contributed by atoms with Gasteiger partial charge in [-0.3, -0.25) is 9.69 Å². The Morgan fingerprint density at radius 1 is 1.18 bits per heavy atom. The zero-order valence-electron chi connectivity index (χ0n) is 15.5. The van der Waals surface area contributed by atoms with E-state index in [9.17, 15) is 21.6 Å². The van der Waals surface area contributed by atoms with Crippen molar-refractivity contribution in [3.8, 4) is 0 Å². The van der Waals surface area contributed by atoms with E-state index in [0.29, 0.717) is 37.6 Å². The summed E-state index contributed by atoms with van der Waals surface area (Å²) in [5.41, 5.74) is 0. The Hall–Kier alpha value is -1.20. The van der Waals surface area contributed by atoms with Crippen LogP contribution < -0.4 is 4.72 Å². The number of carbonyl (C=O) groups excluding carboxylic acids is 1. The monoisotopic (exact) mass is 449 g/mol. The maximum absolute atomic E-state index is 12.7. The summed E-state index contributed by atoms with van der Waals surface area (Å²) in [6.45, 7) is 3.58. The van der Waals surface area contributed by atoms with Gasteiger partial charge in [0, 0.05) is 37.2 Å². The number of amides is 1. The van der Waals surface area contributed by atoms with E-state index in [4.69, 9.17) is 11.6 Å². The smallest absolute Gasteiger partial charge is 0.241 e. The van der Waals surface area contributed by atoms with Gasteiger partial charge >= 0.3 is 0 Å². The van der Waals surface area contributed by atoms with Crippen LogP contribution >= 0.6 is 11.6 Å². The molecular formula is C17H24ClN3O5S2. The average Bonchev–Trinajstić information content (AvgIpc) is 3.01. The zero-order valence-corrected chi connectivity index (χ0v) is 17.9. The number of carbonyl (C=O) groups is 1. The highest BCUT2D eigenvalue weighted by molar-refractivity contribution is 7.91. The number of halogens is 1. The summed E-state index contributed by atoms with van der Waals surface area (Å²) in [5, 5.41) is 0.427. The first-order valence-corrected chi connectivity index (χ1v) is 12.8. The normalized spacial score (nSPS) is 24.2. The topological polar surface area (TPSA) is 104 Å². The number of benzene rings is 1. The van der Waals surface area contributed by atoms with Crippen molar-refractivity contribution in [3.63, 3.8) is 0 Å². The minimum atomic E-state index is -3.83. The number of hydrogen-bond acceptors (Lipinski definition) is 6. The molecule has 1 unspecified atom stereocenters. The summed E-state index contributed by atoms with van der Waals surface area (Å²) in [5.74, 6) is 0.106. The molecule has 2 aliphatic heterocycles. The molecule has 2 heterocycles. The SMILES string of the molecule is C[C@H](NS(=O)(=O)c1ccc(Cl)cc1)C(=O)N1CCN(C2CCS(=O)(=O)C2)CC1. The molecule has 0 saturated carbocycles. The minimum Gasteiger partial charge on any atom is -0.339 e. The van der Waals surface area contributed by atoms with Crippen LogP contribution in [0.5, 0.6) is 0 Å². The second-order valence-electron chi connectivity index (χ2n) is 7.22. The predicted octanol–water partition coefficient (Wildman–Crippen LogP) is 0.338. The van der Waals surface area contributed by atoms with Crippen molar-refractivity contribution in [2.45, 2.75) is 30.3 Å². The van der Waals surface area contributed by atoms with Gasteiger partial charge in [0.15, 0.2) is 9.84 Å². The number of sulfonamides is 1. The van der Waals surface area contributed by atoms with E-state index in [2.05, 4.69) is 9.62 Å². The Bertz CT molecular complexity index is 926.